The van der Waals surface area contributed by atoms with Crippen LogP contribution in [0.5, 0.6) is 0 Å². The Morgan fingerprint density at radius 1 is 1.25 bits per heavy atom. The maximum atomic E-state index is 10.1. The number of nitrogens with one attached hydrogen (secondary N) is 1. The second-order valence-electron chi connectivity index (χ2n) is 5.14. The molecule has 124 valence electrons. The Morgan fingerprint density at radius 2 is 2.00 bits per heavy atom. The van der Waals surface area contributed by atoms with E-state index in [-0.39, 0.29) is 23.0 Å². The summed E-state index contributed by atoms with van der Waals surface area (Å²) in [5.74, 6) is 0.111. The minimum absolute atomic E-state index is 0.0341. The van der Waals surface area contributed by atoms with E-state index in [1.165, 1.54) is 6.20 Å². The van der Waals surface area contributed by atoms with Crippen molar-refractivity contribution in [1.82, 2.24) is 19.7 Å². The summed E-state index contributed by atoms with van der Waals surface area (Å²) in [4.78, 5) is 13.8. The van der Waals surface area contributed by atoms with E-state index in [2.05, 4.69) is 15.0 Å². The third-order valence-corrected chi connectivity index (χ3v) is 4.12. The first-order chi connectivity index (χ1) is 11.3. The summed E-state index contributed by atoms with van der Waals surface area (Å²) in [6.45, 7) is 0.372. The van der Waals surface area contributed by atoms with Gasteiger partial charge in [0.05, 0.1) is 28.5 Å². The molecule has 2 aliphatic rings. The maximum absolute atomic E-state index is 10.1. The van der Waals surface area contributed by atoms with Gasteiger partial charge in [0, 0.05) is 12.7 Å². The molecule has 1 aromatic rings. The van der Waals surface area contributed by atoms with Crippen LogP contribution >= 0.6 is 23.2 Å². The Balaban J connectivity index is 1.97. The molecule has 0 saturated carbocycles. The van der Waals surface area contributed by atoms with Gasteiger partial charge < -0.3 is 15.8 Å². The smallest absolute Gasteiger partial charge is 0.246 e. The average Bonchev–Trinajstić information content (AvgIpc) is 2.51. The number of benzene rings is 1. The lowest BCUT2D eigenvalue weighted by atomic mass is 10.2. The summed E-state index contributed by atoms with van der Waals surface area (Å²) in [6, 6.07) is 5.27. The second kappa shape index (κ2) is 6.14. The fraction of sp³-hybridized carbons (Fsp3) is 0.143. The van der Waals surface area contributed by atoms with Crippen molar-refractivity contribution in [3.8, 4) is 11.5 Å². The maximum Gasteiger partial charge on any atom is 0.246 e. The predicted molar refractivity (Wildman–Crippen MR) is 90.5 cm³/mol. The lowest BCUT2D eigenvalue weighted by molar-refractivity contribution is 0.184. The molecular weight excluding hydrogens is 353 g/mol. The second-order valence-corrected chi connectivity index (χ2v) is 5.95. The Labute approximate surface area is 146 Å². The summed E-state index contributed by atoms with van der Waals surface area (Å²) >= 11 is 12.0. The summed E-state index contributed by atoms with van der Waals surface area (Å²) in [6.07, 6.45) is 1.40. The molecule has 0 saturated heterocycles. The first-order valence-electron chi connectivity index (χ1n) is 6.81. The third-order valence-electron chi connectivity index (χ3n) is 3.38. The number of hydrogen-bond acceptors (Lipinski definition) is 7. The number of nitrogens with zero attached hydrogens (tertiary/aromatic N) is 5. The minimum atomic E-state index is -0.287. The molecule has 2 aliphatic heterocycles. The van der Waals surface area contributed by atoms with Gasteiger partial charge >= 0.3 is 0 Å². The van der Waals surface area contributed by atoms with Gasteiger partial charge in [0.25, 0.3) is 0 Å². The van der Waals surface area contributed by atoms with Crippen LogP contribution in [0.4, 0.5) is 11.5 Å². The number of anilines is 2. The van der Waals surface area contributed by atoms with Gasteiger partial charge in [-0.25, -0.2) is 4.98 Å². The van der Waals surface area contributed by atoms with Crippen LogP contribution in [0.15, 0.2) is 24.4 Å². The largest absolute Gasteiger partial charge is 0.427 e. The summed E-state index contributed by atoms with van der Waals surface area (Å²) in [7, 11) is 1.85. The molecule has 0 radical (unpaired) electrons. The van der Waals surface area contributed by atoms with Gasteiger partial charge in [0.15, 0.2) is 11.5 Å². The Morgan fingerprint density at radius 3 is 2.71 bits per heavy atom. The molecule has 0 unspecified atom stereocenters. The van der Waals surface area contributed by atoms with Crippen molar-refractivity contribution >= 4 is 34.7 Å². The zero-order valence-electron chi connectivity index (χ0n) is 12.5. The van der Waals surface area contributed by atoms with Crippen molar-refractivity contribution in [3.63, 3.8) is 0 Å². The normalized spacial score (nSPS) is 11.0. The van der Waals surface area contributed by atoms with Crippen molar-refractivity contribution in [2.75, 3.05) is 17.7 Å². The summed E-state index contributed by atoms with van der Waals surface area (Å²) in [5.41, 5.74) is 7.08. The number of hydrogen-bond donors (Lipinski definition) is 3. The standard InChI is InChI=1S/C14H13Cl2N7O/c1-22(8-2-3-9(15)10(16)4-8)5-7-6-23(24)13-11(19-7)12(17)20-14(18)21-13/h2-4,6,24H,5H2,1H3,(H3,17,18,20). The molecule has 0 bridgehead atoms. The van der Waals surface area contributed by atoms with Crippen LogP contribution in [0.2, 0.25) is 10.0 Å². The van der Waals surface area contributed by atoms with Crippen LogP contribution in [0, 0.1) is 5.41 Å². The Kier molecular flexibility index (Phi) is 4.16. The van der Waals surface area contributed by atoms with E-state index in [9.17, 15) is 5.21 Å². The molecule has 0 spiro atoms. The van der Waals surface area contributed by atoms with Crippen molar-refractivity contribution in [2.45, 2.75) is 6.54 Å². The average molecular weight is 366 g/mol. The van der Waals surface area contributed by atoms with E-state index >= 15 is 0 Å². The van der Waals surface area contributed by atoms with Gasteiger partial charge in [-0.3, -0.25) is 5.41 Å². The molecule has 0 fully saturated rings. The minimum Gasteiger partial charge on any atom is -0.427 e. The topological polar surface area (TPSA) is 117 Å². The number of aromatic nitrogens is 4. The quantitative estimate of drug-likeness (QED) is 0.611. The summed E-state index contributed by atoms with van der Waals surface area (Å²) in [5, 5.41) is 18.4. The van der Waals surface area contributed by atoms with Crippen LogP contribution in [0.1, 0.15) is 5.69 Å². The van der Waals surface area contributed by atoms with Gasteiger partial charge in [0.2, 0.25) is 11.4 Å². The van der Waals surface area contributed by atoms with E-state index in [0.717, 1.165) is 10.4 Å². The highest BCUT2D eigenvalue weighted by Crippen LogP contribution is 2.27. The SMILES string of the molecule is CN(Cc1cn(O)c2nc(=N)nc(N)c-2n1)c1ccc(Cl)c(Cl)c1. The van der Waals surface area contributed by atoms with Crippen LogP contribution in [-0.2, 0) is 6.54 Å². The number of halogens is 2. The fourth-order valence-electron chi connectivity index (χ4n) is 2.23. The molecular formula is C14H13Cl2N7O. The number of fused-ring (bicyclic) bond motifs is 1. The Bertz CT molecular complexity index is 943. The molecule has 4 N–H and O–H groups in total. The lowest BCUT2D eigenvalue weighted by Gasteiger charge is -2.20. The van der Waals surface area contributed by atoms with E-state index in [0.29, 0.717) is 22.3 Å². The monoisotopic (exact) mass is 365 g/mol. The highest BCUT2D eigenvalue weighted by Gasteiger charge is 2.17. The van der Waals surface area contributed by atoms with Crippen LogP contribution < -0.4 is 16.3 Å². The molecule has 10 heteroatoms. The van der Waals surface area contributed by atoms with Gasteiger partial charge in [-0.2, -0.15) is 14.7 Å². The highest BCUT2D eigenvalue weighted by atomic mass is 35.5. The van der Waals surface area contributed by atoms with Gasteiger partial charge in [0.1, 0.15) is 0 Å². The molecule has 2 heterocycles. The lowest BCUT2D eigenvalue weighted by Crippen LogP contribution is -2.23. The van der Waals surface area contributed by atoms with Gasteiger partial charge in [-0.05, 0) is 18.2 Å². The fourth-order valence-corrected chi connectivity index (χ4v) is 2.53. The van der Waals surface area contributed by atoms with Crippen LogP contribution in [0.25, 0.3) is 11.5 Å². The highest BCUT2D eigenvalue weighted by molar-refractivity contribution is 6.42. The molecule has 0 aliphatic carbocycles. The van der Waals surface area contributed by atoms with Crippen molar-refractivity contribution in [2.24, 2.45) is 0 Å². The predicted octanol–water partition coefficient (Wildman–Crippen LogP) is 2.02. The first-order valence-corrected chi connectivity index (χ1v) is 7.56. The first kappa shape index (κ1) is 16.3. The van der Waals surface area contributed by atoms with Crippen molar-refractivity contribution in [3.05, 3.63) is 45.8 Å². The Hall–Kier alpha value is -2.58. The third kappa shape index (κ3) is 3.06. The number of nitrogens with two attached hydrogens (primary N) is 1. The zero-order chi connectivity index (χ0) is 17.4. The molecule has 1 aromatic carbocycles. The van der Waals surface area contributed by atoms with E-state index in [4.69, 9.17) is 34.3 Å². The van der Waals surface area contributed by atoms with Gasteiger partial charge in [-0.1, -0.05) is 23.2 Å². The van der Waals surface area contributed by atoms with E-state index < -0.39 is 0 Å². The summed E-state index contributed by atoms with van der Waals surface area (Å²) < 4.78 is 0.788. The van der Waals surface area contributed by atoms with Crippen molar-refractivity contribution in [1.29, 1.82) is 5.41 Å². The molecule has 0 amide bonds. The van der Waals surface area contributed by atoms with Crippen molar-refractivity contribution < 1.29 is 5.21 Å². The number of rotatable bonds is 3. The molecule has 8 nitrogen and oxygen atoms in total. The van der Waals surface area contributed by atoms with Crippen LogP contribution in [-0.4, -0.2) is 31.9 Å². The van der Waals surface area contributed by atoms with Crippen LogP contribution in [0.3, 0.4) is 0 Å². The molecule has 24 heavy (non-hydrogen) atoms. The number of nitrogen functional groups attached to an aromatic ring is 1. The van der Waals surface area contributed by atoms with Gasteiger partial charge in [-0.15, -0.1) is 0 Å². The molecule has 0 aromatic heterocycles. The van der Waals surface area contributed by atoms with E-state index in [1.54, 1.807) is 12.1 Å². The molecule has 0 atom stereocenters. The zero-order valence-corrected chi connectivity index (χ0v) is 14.0. The van der Waals surface area contributed by atoms with E-state index in [1.807, 2.05) is 18.0 Å². The molecule has 3 rings (SSSR count).